The molecule has 1 N–H and O–H groups in total. The summed E-state index contributed by atoms with van der Waals surface area (Å²) in [6.07, 6.45) is 0.915. The van der Waals surface area contributed by atoms with E-state index in [2.05, 4.69) is 0 Å². The van der Waals surface area contributed by atoms with Crippen LogP contribution in [0.25, 0.3) is 0 Å². The van der Waals surface area contributed by atoms with Gasteiger partial charge in [-0.25, -0.2) is 8.42 Å². The molecule has 1 fully saturated rings. The van der Waals surface area contributed by atoms with Crippen molar-refractivity contribution in [3.8, 4) is 5.75 Å². The Labute approximate surface area is 82.8 Å². The van der Waals surface area contributed by atoms with Crippen molar-refractivity contribution in [2.24, 2.45) is 0 Å². The standard InChI is InChI=1S/C9H11NO3S/c11-8-3-1-4-9(7-8)14(12,13)10-5-2-6-10/h1,3-4,7,11H,2,5-6H2. The lowest BCUT2D eigenvalue weighted by Crippen LogP contribution is -2.41. The van der Waals surface area contributed by atoms with E-state index < -0.39 is 10.0 Å². The van der Waals surface area contributed by atoms with Gasteiger partial charge in [0.25, 0.3) is 0 Å². The van der Waals surface area contributed by atoms with Gasteiger partial charge in [-0.2, -0.15) is 4.31 Å². The molecule has 1 aliphatic heterocycles. The van der Waals surface area contributed by atoms with Crippen LogP contribution in [-0.4, -0.2) is 30.9 Å². The molecule has 5 heteroatoms. The summed E-state index contributed by atoms with van der Waals surface area (Å²) in [6, 6.07) is 5.75. The number of rotatable bonds is 2. The van der Waals surface area contributed by atoms with Gasteiger partial charge in [-0.05, 0) is 24.6 Å². The summed E-state index contributed by atoms with van der Waals surface area (Å²) in [6.45, 7) is 1.16. The second-order valence-corrected chi connectivity index (χ2v) is 5.19. The molecule has 2 rings (SSSR count). The summed E-state index contributed by atoms with van der Waals surface area (Å²) in [5.74, 6) is -0.0217. The molecule has 1 aromatic rings. The molecule has 0 aliphatic carbocycles. The summed E-state index contributed by atoms with van der Waals surface area (Å²) in [5, 5.41) is 9.17. The van der Waals surface area contributed by atoms with Crippen LogP contribution in [0.1, 0.15) is 6.42 Å². The lowest BCUT2D eigenvalue weighted by molar-refractivity contribution is 0.309. The molecular formula is C9H11NO3S. The van der Waals surface area contributed by atoms with Gasteiger partial charge in [0.1, 0.15) is 5.75 Å². The fourth-order valence-electron chi connectivity index (χ4n) is 1.32. The largest absolute Gasteiger partial charge is 0.508 e. The Balaban J connectivity index is 2.38. The molecule has 1 heterocycles. The first-order valence-corrected chi connectivity index (χ1v) is 5.84. The summed E-state index contributed by atoms with van der Waals surface area (Å²) in [7, 11) is -3.35. The third-order valence-corrected chi connectivity index (χ3v) is 4.17. The molecule has 14 heavy (non-hydrogen) atoms. The Bertz CT molecular complexity index is 437. The average molecular weight is 213 g/mol. The highest BCUT2D eigenvalue weighted by atomic mass is 32.2. The Morgan fingerprint density at radius 3 is 2.50 bits per heavy atom. The predicted molar refractivity (Wildman–Crippen MR) is 51.5 cm³/mol. The van der Waals surface area contributed by atoms with Crippen LogP contribution >= 0.6 is 0 Å². The number of sulfonamides is 1. The molecule has 0 spiro atoms. The molecule has 1 aliphatic rings. The molecular weight excluding hydrogens is 202 g/mol. The van der Waals surface area contributed by atoms with Crippen molar-refractivity contribution >= 4 is 10.0 Å². The molecule has 0 saturated carbocycles. The lowest BCUT2D eigenvalue weighted by Gasteiger charge is -2.29. The highest BCUT2D eigenvalue weighted by molar-refractivity contribution is 7.89. The van der Waals surface area contributed by atoms with Crippen LogP contribution in [0.3, 0.4) is 0 Å². The highest BCUT2D eigenvalue weighted by Gasteiger charge is 2.29. The monoisotopic (exact) mass is 213 g/mol. The normalized spacial score (nSPS) is 17.7. The van der Waals surface area contributed by atoms with Crippen molar-refractivity contribution in [2.75, 3.05) is 13.1 Å². The highest BCUT2D eigenvalue weighted by Crippen LogP contribution is 2.23. The molecule has 0 bridgehead atoms. The Morgan fingerprint density at radius 2 is 2.00 bits per heavy atom. The van der Waals surface area contributed by atoms with Crippen LogP contribution in [0.15, 0.2) is 29.2 Å². The smallest absolute Gasteiger partial charge is 0.243 e. The van der Waals surface area contributed by atoms with Crippen LogP contribution in [-0.2, 0) is 10.0 Å². The number of hydrogen-bond donors (Lipinski definition) is 1. The minimum atomic E-state index is -3.35. The Morgan fingerprint density at radius 1 is 1.29 bits per heavy atom. The molecule has 0 unspecified atom stereocenters. The zero-order valence-electron chi connectivity index (χ0n) is 7.55. The van der Waals surface area contributed by atoms with E-state index in [4.69, 9.17) is 5.11 Å². The van der Waals surface area contributed by atoms with Gasteiger partial charge in [0, 0.05) is 13.1 Å². The molecule has 0 radical (unpaired) electrons. The fourth-order valence-corrected chi connectivity index (χ4v) is 2.88. The number of phenolic OH excluding ortho intramolecular Hbond substituents is 1. The summed E-state index contributed by atoms with van der Waals surface area (Å²) in [5.41, 5.74) is 0. The minimum absolute atomic E-state index is 0.0217. The summed E-state index contributed by atoms with van der Waals surface area (Å²) >= 11 is 0. The van der Waals surface area contributed by atoms with Crippen molar-refractivity contribution in [2.45, 2.75) is 11.3 Å². The zero-order chi connectivity index (χ0) is 10.2. The van der Waals surface area contributed by atoms with Crippen LogP contribution in [0.2, 0.25) is 0 Å². The third kappa shape index (κ3) is 1.49. The molecule has 1 saturated heterocycles. The van der Waals surface area contributed by atoms with Gasteiger partial charge in [0.15, 0.2) is 0 Å². The number of benzene rings is 1. The minimum Gasteiger partial charge on any atom is -0.508 e. The first-order chi connectivity index (χ1) is 6.60. The maximum atomic E-state index is 11.8. The average Bonchev–Trinajstić information content (AvgIpc) is 2.00. The van der Waals surface area contributed by atoms with Crippen LogP contribution < -0.4 is 0 Å². The van der Waals surface area contributed by atoms with E-state index >= 15 is 0 Å². The van der Waals surface area contributed by atoms with Gasteiger partial charge in [0.05, 0.1) is 4.90 Å². The van der Waals surface area contributed by atoms with Crippen molar-refractivity contribution in [3.05, 3.63) is 24.3 Å². The first-order valence-electron chi connectivity index (χ1n) is 4.40. The molecule has 0 amide bonds. The van der Waals surface area contributed by atoms with Crippen molar-refractivity contribution in [3.63, 3.8) is 0 Å². The zero-order valence-corrected chi connectivity index (χ0v) is 8.37. The molecule has 0 atom stereocenters. The van der Waals surface area contributed by atoms with Gasteiger partial charge in [-0.3, -0.25) is 0 Å². The van der Waals surface area contributed by atoms with E-state index in [1.807, 2.05) is 0 Å². The van der Waals surface area contributed by atoms with E-state index in [-0.39, 0.29) is 10.6 Å². The van der Waals surface area contributed by atoms with Crippen molar-refractivity contribution < 1.29 is 13.5 Å². The predicted octanol–water partition coefficient (Wildman–Crippen LogP) is 0.787. The van der Waals surface area contributed by atoms with Gasteiger partial charge in [0.2, 0.25) is 10.0 Å². The first kappa shape index (κ1) is 9.48. The number of nitrogens with zero attached hydrogens (tertiary/aromatic N) is 1. The van der Waals surface area contributed by atoms with Gasteiger partial charge >= 0.3 is 0 Å². The summed E-state index contributed by atoms with van der Waals surface area (Å²) < 4.78 is 25.0. The quantitative estimate of drug-likeness (QED) is 0.790. The maximum Gasteiger partial charge on any atom is 0.243 e. The molecule has 0 aromatic heterocycles. The summed E-state index contributed by atoms with van der Waals surface area (Å²) in [4.78, 5) is 0.164. The van der Waals surface area contributed by atoms with Crippen LogP contribution in [0.5, 0.6) is 5.75 Å². The maximum absolute atomic E-state index is 11.8. The second kappa shape index (κ2) is 3.25. The van der Waals surface area contributed by atoms with E-state index in [0.29, 0.717) is 13.1 Å². The van der Waals surface area contributed by atoms with Crippen molar-refractivity contribution in [1.29, 1.82) is 0 Å². The van der Waals surface area contributed by atoms with Crippen molar-refractivity contribution in [1.82, 2.24) is 4.31 Å². The Kier molecular flexibility index (Phi) is 2.20. The van der Waals surface area contributed by atoms with E-state index in [1.165, 1.54) is 28.6 Å². The number of aromatic hydroxyl groups is 1. The van der Waals surface area contributed by atoms with Gasteiger partial charge in [-0.1, -0.05) is 6.07 Å². The second-order valence-electron chi connectivity index (χ2n) is 3.25. The molecule has 4 nitrogen and oxygen atoms in total. The third-order valence-electron chi connectivity index (χ3n) is 2.27. The van der Waals surface area contributed by atoms with E-state index in [0.717, 1.165) is 6.42 Å². The number of phenols is 1. The molecule has 1 aromatic carbocycles. The number of hydrogen-bond acceptors (Lipinski definition) is 3. The van der Waals surface area contributed by atoms with Crippen LogP contribution in [0.4, 0.5) is 0 Å². The SMILES string of the molecule is O=S(=O)(c1cccc(O)c1)N1CCC1. The Hall–Kier alpha value is -1.07. The molecule has 76 valence electrons. The van der Waals surface area contributed by atoms with Crippen LogP contribution in [0, 0.1) is 0 Å². The van der Waals surface area contributed by atoms with Gasteiger partial charge in [-0.15, -0.1) is 0 Å². The fraction of sp³-hybridized carbons (Fsp3) is 0.333. The topological polar surface area (TPSA) is 57.6 Å². The van der Waals surface area contributed by atoms with E-state index in [9.17, 15) is 8.42 Å². The van der Waals surface area contributed by atoms with Gasteiger partial charge < -0.3 is 5.11 Å². The van der Waals surface area contributed by atoms with E-state index in [1.54, 1.807) is 0 Å². The lowest BCUT2D eigenvalue weighted by atomic mass is 10.3.